The average molecular weight is 301 g/mol. The molecule has 0 unspecified atom stereocenters. The lowest BCUT2D eigenvalue weighted by molar-refractivity contribution is 0.454. The Balaban J connectivity index is 1.98. The van der Waals surface area contributed by atoms with Crippen LogP contribution in [0, 0.1) is 0 Å². The van der Waals surface area contributed by atoms with Gasteiger partial charge in [0.2, 0.25) is 0 Å². The number of benzene rings is 1. The fourth-order valence-corrected chi connectivity index (χ4v) is 12.4. The highest BCUT2D eigenvalue weighted by molar-refractivity contribution is 6.94. The van der Waals surface area contributed by atoms with Crippen molar-refractivity contribution in [1.29, 1.82) is 0 Å². The molecular weight excluding hydrogens is 268 g/mol. The van der Waals surface area contributed by atoms with Gasteiger partial charge in [-0.2, -0.15) is 0 Å². The van der Waals surface area contributed by atoms with Gasteiger partial charge in [-0.1, -0.05) is 113 Å². The van der Waals surface area contributed by atoms with Gasteiger partial charge in [-0.3, -0.25) is 0 Å². The third kappa shape index (κ3) is 2.99. The van der Waals surface area contributed by atoms with E-state index in [4.69, 9.17) is 0 Å². The Morgan fingerprint density at radius 2 is 1.24 bits per heavy atom. The van der Waals surface area contributed by atoms with Crippen molar-refractivity contribution in [3.05, 3.63) is 30.3 Å². The minimum atomic E-state index is -1.34. The van der Waals surface area contributed by atoms with E-state index in [1.165, 1.54) is 70.3 Å². The molecule has 3 rings (SSSR count). The molecule has 0 saturated heterocycles. The number of rotatable bonds is 4. The topological polar surface area (TPSA) is 0 Å². The van der Waals surface area contributed by atoms with Gasteiger partial charge < -0.3 is 0 Å². The van der Waals surface area contributed by atoms with E-state index >= 15 is 0 Å². The summed E-state index contributed by atoms with van der Waals surface area (Å²) in [4.78, 5) is 0. The first-order chi connectivity index (χ1) is 10.4. The smallest absolute Gasteiger partial charge is 0.0674 e. The number of hydrogen-bond donors (Lipinski definition) is 0. The van der Waals surface area contributed by atoms with E-state index < -0.39 is 8.07 Å². The summed E-state index contributed by atoms with van der Waals surface area (Å²) in [7, 11) is -1.34. The Kier molecular flexibility index (Phi) is 5.21. The van der Waals surface area contributed by atoms with Crippen LogP contribution in [0.5, 0.6) is 0 Å². The van der Waals surface area contributed by atoms with Crippen molar-refractivity contribution in [1.82, 2.24) is 0 Å². The van der Waals surface area contributed by atoms with Crippen molar-refractivity contribution in [3.8, 4) is 0 Å². The molecule has 0 N–H and O–H groups in total. The van der Waals surface area contributed by atoms with Gasteiger partial charge in [0, 0.05) is 0 Å². The van der Waals surface area contributed by atoms with Crippen LogP contribution in [0.3, 0.4) is 0 Å². The molecule has 2 fully saturated rings. The standard InChI is InChI=1S/C20H32Si/c1-2-21(18-12-6-3-7-13-18,19-14-8-4-9-15-19)20-16-10-5-11-17-20/h3,6-7,12-13,19-20H,2,4-5,8-11,14-17H2,1H3. The summed E-state index contributed by atoms with van der Waals surface area (Å²) in [6, 6.07) is 13.3. The third-order valence-corrected chi connectivity index (χ3v) is 13.2. The van der Waals surface area contributed by atoms with Gasteiger partial charge in [0.25, 0.3) is 0 Å². The van der Waals surface area contributed by atoms with E-state index in [2.05, 4.69) is 37.3 Å². The van der Waals surface area contributed by atoms with Crippen LogP contribution >= 0.6 is 0 Å². The van der Waals surface area contributed by atoms with Crippen LogP contribution in [0.1, 0.15) is 71.1 Å². The van der Waals surface area contributed by atoms with E-state index in [-0.39, 0.29) is 0 Å². The van der Waals surface area contributed by atoms with Crippen molar-refractivity contribution in [2.45, 2.75) is 88.3 Å². The van der Waals surface area contributed by atoms with Crippen molar-refractivity contribution in [3.63, 3.8) is 0 Å². The van der Waals surface area contributed by atoms with E-state index in [0.29, 0.717) is 0 Å². The van der Waals surface area contributed by atoms with Crippen LogP contribution in [0.4, 0.5) is 0 Å². The molecule has 0 spiro atoms. The van der Waals surface area contributed by atoms with Gasteiger partial charge in [-0.15, -0.1) is 0 Å². The highest BCUT2D eigenvalue weighted by Gasteiger charge is 2.47. The molecule has 0 bridgehead atoms. The lowest BCUT2D eigenvalue weighted by Gasteiger charge is -2.48. The molecule has 1 aromatic carbocycles. The summed E-state index contributed by atoms with van der Waals surface area (Å²) in [6.45, 7) is 2.53. The van der Waals surface area contributed by atoms with E-state index in [1.54, 1.807) is 5.19 Å². The van der Waals surface area contributed by atoms with Gasteiger partial charge >= 0.3 is 0 Å². The summed E-state index contributed by atoms with van der Waals surface area (Å²) in [5.41, 5.74) is 2.14. The molecule has 0 heterocycles. The van der Waals surface area contributed by atoms with Gasteiger partial charge in [0.05, 0.1) is 8.07 Å². The molecule has 0 radical (unpaired) electrons. The highest BCUT2D eigenvalue weighted by atomic mass is 28.3. The third-order valence-electron chi connectivity index (χ3n) is 6.56. The van der Waals surface area contributed by atoms with Crippen LogP contribution in [0.2, 0.25) is 17.1 Å². The molecule has 1 heteroatoms. The Morgan fingerprint density at radius 3 is 1.67 bits per heavy atom. The van der Waals surface area contributed by atoms with E-state index in [9.17, 15) is 0 Å². The Morgan fingerprint density at radius 1 is 0.762 bits per heavy atom. The van der Waals surface area contributed by atoms with Gasteiger partial charge in [0.1, 0.15) is 0 Å². The zero-order valence-electron chi connectivity index (χ0n) is 13.8. The molecule has 2 aliphatic rings. The van der Waals surface area contributed by atoms with Crippen molar-refractivity contribution in [2.24, 2.45) is 0 Å². The molecule has 1 aromatic rings. The first-order valence-electron chi connectivity index (χ1n) is 9.43. The van der Waals surface area contributed by atoms with Gasteiger partial charge in [-0.25, -0.2) is 0 Å². The summed E-state index contributed by atoms with van der Waals surface area (Å²) in [6.07, 6.45) is 15.1. The minimum Gasteiger partial charge on any atom is -0.0674 e. The normalized spacial score (nSPS) is 22.3. The van der Waals surface area contributed by atoms with Crippen LogP contribution in [0.15, 0.2) is 30.3 Å². The molecule has 0 amide bonds. The maximum atomic E-state index is 2.53. The van der Waals surface area contributed by atoms with Crippen LogP contribution < -0.4 is 5.19 Å². The van der Waals surface area contributed by atoms with Crippen molar-refractivity contribution < 1.29 is 0 Å². The fourth-order valence-electron chi connectivity index (χ4n) is 5.57. The maximum Gasteiger partial charge on any atom is 0.0925 e. The van der Waals surface area contributed by atoms with Crippen LogP contribution in [0.25, 0.3) is 0 Å². The molecular formula is C20H32Si. The molecule has 2 aliphatic carbocycles. The van der Waals surface area contributed by atoms with Crippen molar-refractivity contribution in [2.75, 3.05) is 0 Å². The van der Waals surface area contributed by atoms with E-state index in [0.717, 1.165) is 11.1 Å². The van der Waals surface area contributed by atoms with Crippen molar-refractivity contribution >= 4 is 13.3 Å². The highest BCUT2D eigenvalue weighted by Crippen LogP contribution is 2.49. The molecule has 116 valence electrons. The quantitative estimate of drug-likeness (QED) is 0.595. The minimum absolute atomic E-state index is 1.07. The average Bonchev–Trinajstić information content (AvgIpc) is 2.59. The summed E-state index contributed by atoms with van der Waals surface area (Å²) in [5.74, 6) is 0. The monoisotopic (exact) mass is 300 g/mol. The predicted octanol–water partition coefficient (Wildman–Crippen LogP) is 6.03. The number of hydrogen-bond acceptors (Lipinski definition) is 0. The zero-order valence-corrected chi connectivity index (χ0v) is 14.8. The first-order valence-corrected chi connectivity index (χ1v) is 11.8. The van der Waals surface area contributed by atoms with Crippen LogP contribution in [-0.2, 0) is 0 Å². The predicted molar refractivity (Wildman–Crippen MR) is 96.0 cm³/mol. The second kappa shape index (κ2) is 7.13. The fraction of sp³-hybridized carbons (Fsp3) is 0.700. The lowest BCUT2D eigenvalue weighted by atomic mass is 9.99. The SMILES string of the molecule is CC[Si](c1ccccc1)(C1CCCCC1)C1CCCCC1. The Bertz CT molecular complexity index is 395. The van der Waals surface area contributed by atoms with E-state index in [1.807, 2.05) is 0 Å². The molecule has 0 atom stereocenters. The Hall–Kier alpha value is -0.563. The molecule has 0 aromatic heterocycles. The first kappa shape index (κ1) is 15.3. The zero-order chi connectivity index (χ0) is 14.5. The van der Waals surface area contributed by atoms with Gasteiger partial charge in [-0.05, 0) is 11.1 Å². The van der Waals surface area contributed by atoms with Crippen LogP contribution in [-0.4, -0.2) is 8.07 Å². The summed E-state index contributed by atoms with van der Waals surface area (Å²) in [5, 5.41) is 1.80. The largest absolute Gasteiger partial charge is 0.0925 e. The maximum absolute atomic E-state index is 2.53. The lowest BCUT2D eigenvalue weighted by Crippen LogP contribution is -2.56. The molecule has 0 aliphatic heterocycles. The molecule has 2 saturated carbocycles. The molecule has 0 nitrogen and oxygen atoms in total. The summed E-state index contributed by atoms with van der Waals surface area (Å²) >= 11 is 0. The molecule has 21 heavy (non-hydrogen) atoms. The van der Waals surface area contributed by atoms with Gasteiger partial charge in [0.15, 0.2) is 0 Å². The summed E-state index contributed by atoms with van der Waals surface area (Å²) < 4.78 is 0. The second-order valence-corrected chi connectivity index (χ2v) is 12.4. The second-order valence-electron chi connectivity index (χ2n) is 7.43. The Labute approximate surface area is 132 Å².